The van der Waals surface area contributed by atoms with Gasteiger partial charge in [0, 0.05) is 13.1 Å². The number of rotatable bonds is 7. The number of nitrogens with zero attached hydrogens (tertiary/aromatic N) is 2. The molecule has 1 heterocycles. The van der Waals surface area contributed by atoms with Gasteiger partial charge in [0.25, 0.3) is 15.9 Å². The summed E-state index contributed by atoms with van der Waals surface area (Å²) >= 11 is 0. The minimum Gasteiger partial charge on any atom is -0.484 e. The zero-order chi connectivity index (χ0) is 19.8. The number of carbonyl (C=O) groups excluding carboxylic acids is 1. The van der Waals surface area contributed by atoms with Crippen molar-refractivity contribution in [1.82, 2.24) is 9.73 Å². The minimum absolute atomic E-state index is 0.0374. The predicted molar refractivity (Wildman–Crippen MR) is 104 cm³/mol. The van der Waals surface area contributed by atoms with Crippen LogP contribution in [0.2, 0.25) is 0 Å². The van der Waals surface area contributed by atoms with Gasteiger partial charge < -0.3 is 14.4 Å². The molecule has 148 valence electrons. The molecule has 0 atom stereocenters. The zero-order valence-corrected chi connectivity index (χ0v) is 16.0. The van der Waals surface area contributed by atoms with Crippen LogP contribution in [0.1, 0.15) is 5.56 Å². The Bertz CT molecular complexity index is 908. The van der Waals surface area contributed by atoms with Crippen molar-refractivity contribution in [2.75, 3.05) is 32.9 Å². The first kappa shape index (κ1) is 19.8. The van der Waals surface area contributed by atoms with Gasteiger partial charge in [-0.3, -0.25) is 4.79 Å². The molecular formula is C19H21N3O5S. The molecule has 8 nitrogen and oxygen atoms in total. The molecule has 0 spiro atoms. The van der Waals surface area contributed by atoms with Gasteiger partial charge in [0.05, 0.1) is 24.3 Å². The first-order valence-electron chi connectivity index (χ1n) is 8.73. The van der Waals surface area contributed by atoms with Gasteiger partial charge in [-0.25, -0.2) is 4.83 Å². The molecule has 9 heteroatoms. The Morgan fingerprint density at radius 2 is 1.79 bits per heavy atom. The average molecular weight is 403 g/mol. The second kappa shape index (κ2) is 9.34. The molecule has 0 saturated carbocycles. The highest BCUT2D eigenvalue weighted by Gasteiger charge is 2.17. The van der Waals surface area contributed by atoms with Crippen LogP contribution in [0.5, 0.6) is 5.75 Å². The van der Waals surface area contributed by atoms with Crippen LogP contribution in [-0.4, -0.2) is 58.3 Å². The minimum atomic E-state index is -3.69. The number of amides is 1. The quantitative estimate of drug-likeness (QED) is 0.554. The maximum absolute atomic E-state index is 12.1. The van der Waals surface area contributed by atoms with Gasteiger partial charge in [-0.15, -0.1) is 0 Å². The maximum Gasteiger partial charge on any atom is 0.276 e. The Hall–Kier alpha value is -2.91. The second-order valence-corrected chi connectivity index (χ2v) is 7.68. The van der Waals surface area contributed by atoms with Gasteiger partial charge in [0.1, 0.15) is 5.75 Å². The van der Waals surface area contributed by atoms with E-state index in [0.29, 0.717) is 37.6 Å². The van der Waals surface area contributed by atoms with Gasteiger partial charge in [0.15, 0.2) is 6.61 Å². The number of ether oxygens (including phenoxy) is 2. The maximum atomic E-state index is 12.1. The van der Waals surface area contributed by atoms with E-state index in [4.69, 9.17) is 9.47 Å². The highest BCUT2D eigenvalue weighted by Crippen LogP contribution is 2.12. The van der Waals surface area contributed by atoms with E-state index in [2.05, 4.69) is 9.93 Å². The average Bonchev–Trinajstić information content (AvgIpc) is 2.74. The van der Waals surface area contributed by atoms with Gasteiger partial charge in [0.2, 0.25) is 0 Å². The Kier molecular flexibility index (Phi) is 6.62. The van der Waals surface area contributed by atoms with Crippen molar-refractivity contribution in [3.05, 3.63) is 60.2 Å². The molecule has 0 unspecified atom stereocenters. The van der Waals surface area contributed by atoms with Crippen LogP contribution >= 0.6 is 0 Å². The van der Waals surface area contributed by atoms with Crippen molar-refractivity contribution in [2.24, 2.45) is 5.10 Å². The second-order valence-electron chi connectivity index (χ2n) is 6.02. The van der Waals surface area contributed by atoms with Crippen LogP contribution < -0.4 is 9.57 Å². The summed E-state index contributed by atoms with van der Waals surface area (Å²) in [7, 11) is -3.69. The van der Waals surface area contributed by atoms with E-state index >= 15 is 0 Å². The van der Waals surface area contributed by atoms with Crippen molar-refractivity contribution in [1.29, 1.82) is 0 Å². The molecule has 0 aromatic heterocycles. The van der Waals surface area contributed by atoms with Crippen LogP contribution in [0.3, 0.4) is 0 Å². The van der Waals surface area contributed by atoms with Crippen LogP contribution in [-0.2, 0) is 19.6 Å². The SMILES string of the molecule is O=C(COc1ccc(C=NNS(=O)(=O)c2ccccc2)cc1)N1CCOCC1. The molecule has 3 rings (SSSR count). The molecule has 2 aromatic carbocycles. The van der Waals surface area contributed by atoms with Crippen molar-refractivity contribution >= 4 is 22.1 Å². The normalized spacial score (nSPS) is 14.8. The van der Waals surface area contributed by atoms with E-state index in [9.17, 15) is 13.2 Å². The Morgan fingerprint density at radius 1 is 1.11 bits per heavy atom. The Balaban J connectivity index is 1.50. The van der Waals surface area contributed by atoms with E-state index in [1.807, 2.05) is 0 Å². The largest absolute Gasteiger partial charge is 0.484 e. The van der Waals surface area contributed by atoms with Crippen molar-refractivity contribution in [2.45, 2.75) is 4.90 Å². The van der Waals surface area contributed by atoms with Crippen LogP contribution in [0, 0.1) is 0 Å². The molecule has 1 fully saturated rings. The number of hydrogen-bond acceptors (Lipinski definition) is 6. The first-order valence-corrected chi connectivity index (χ1v) is 10.2. The number of morpholine rings is 1. The van der Waals surface area contributed by atoms with Gasteiger partial charge in [-0.1, -0.05) is 18.2 Å². The summed E-state index contributed by atoms with van der Waals surface area (Å²) in [5, 5.41) is 3.78. The van der Waals surface area contributed by atoms with E-state index < -0.39 is 10.0 Å². The third-order valence-corrected chi connectivity index (χ3v) is 5.28. The van der Waals surface area contributed by atoms with E-state index in [0.717, 1.165) is 0 Å². The monoisotopic (exact) mass is 403 g/mol. The van der Waals surface area contributed by atoms with E-state index in [-0.39, 0.29) is 17.4 Å². The number of sulfonamides is 1. The topological polar surface area (TPSA) is 97.3 Å². The summed E-state index contributed by atoms with van der Waals surface area (Å²) in [6.07, 6.45) is 1.39. The third-order valence-electron chi connectivity index (χ3n) is 4.05. The van der Waals surface area contributed by atoms with Crippen LogP contribution in [0.15, 0.2) is 64.6 Å². The lowest BCUT2D eigenvalue weighted by Gasteiger charge is -2.26. The van der Waals surface area contributed by atoms with E-state index in [1.54, 1.807) is 47.4 Å². The number of hydrogen-bond donors (Lipinski definition) is 1. The summed E-state index contributed by atoms with van der Waals surface area (Å²) < 4.78 is 34.9. The molecule has 28 heavy (non-hydrogen) atoms. The number of benzene rings is 2. The highest BCUT2D eigenvalue weighted by atomic mass is 32.2. The molecule has 0 bridgehead atoms. The molecule has 0 aliphatic carbocycles. The lowest BCUT2D eigenvalue weighted by atomic mass is 10.2. The summed E-state index contributed by atoms with van der Waals surface area (Å²) in [4.78, 5) is 16.1. The predicted octanol–water partition coefficient (Wildman–Crippen LogP) is 1.24. The summed E-state index contributed by atoms with van der Waals surface area (Å²) in [6, 6.07) is 14.8. The van der Waals surface area contributed by atoms with Gasteiger partial charge in [-0.2, -0.15) is 13.5 Å². The lowest BCUT2D eigenvalue weighted by Crippen LogP contribution is -2.42. The molecule has 1 aliphatic heterocycles. The molecule has 1 amide bonds. The molecule has 1 saturated heterocycles. The Labute approximate surface area is 163 Å². The fraction of sp³-hybridized carbons (Fsp3) is 0.263. The van der Waals surface area contributed by atoms with E-state index in [1.165, 1.54) is 18.3 Å². The number of carbonyl (C=O) groups is 1. The molecule has 0 radical (unpaired) electrons. The fourth-order valence-corrected chi connectivity index (χ4v) is 3.33. The first-order chi connectivity index (χ1) is 13.5. The molecular weight excluding hydrogens is 382 g/mol. The molecule has 2 aromatic rings. The Morgan fingerprint density at radius 3 is 2.46 bits per heavy atom. The van der Waals surface area contributed by atoms with Crippen molar-refractivity contribution in [3.8, 4) is 5.75 Å². The van der Waals surface area contributed by atoms with Gasteiger partial charge >= 0.3 is 0 Å². The zero-order valence-electron chi connectivity index (χ0n) is 15.2. The smallest absolute Gasteiger partial charge is 0.276 e. The van der Waals surface area contributed by atoms with Crippen molar-refractivity contribution < 1.29 is 22.7 Å². The molecule has 1 aliphatic rings. The highest BCUT2D eigenvalue weighted by molar-refractivity contribution is 7.89. The lowest BCUT2D eigenvalue weighted by molar-refractivity contribution is -0.137. The summed E-state index contributed by atoms with van der Waals surface area (Å²) in [5.41, 5.74) is 0.683. The standard InChI is InChI=1S/C19H21N3O5S/c23-19(22-10-12-26-13-11-22)15-27-17-8-6-16(7-9-17)14-20-21-28(24,25)18-4-2-1-3-5-18/h1-9,14,21H,10-13,15H2. The van der Waals surface area contributed by atoms with Crippen LogP contribution in [0.25, 0.3) is 0 Å². The third kappa shape index (κ3) is 5.54. The van der Waals surface area contributed by atoms with Crippen LogP contribution in [0.4, 0.5) is 0 Å². The summed E-state index contributed by atoms with van der Waals surface area (Å²) in [5.74, 6) is 0.466. The number of hydrazone groups is 1. The molecule has 1 N–H and O–H groups in total. The fourth-order valence-electron chi connectivity index (χ4n) is 2.52. The van der Waals surface area contributed by atoms with Crippen molar-refractivity contribution in [3.63, 3.8) is 0 Å². The summed E-state index contributed by atoms with van der Waals surface area (Å²) in [6.45, 7) is 2.22. The number of nitrogens with one attached hydrogen (secondary N) is 1. The van der Waals surface area contributed by atoms with Gasteiger partial charge in [-0.05, 0) is 42.0 Å².